The summed E-state index contributed by atoms with van der Waals surface area (Å²) in [5.74, 6) is 1.27. The van der Waals surface area contributed by atoms with Gasteiger partial charge in [0.25, 0.3) is 0 Å². The molecule has 12 nitrogen and oxygen atoms in total. The molecule has 0 amide bonds. The lowest BCUT2D eigenvalue weighted by atomic mass is 9.95. The number of nitrogens with one attached hydrogen (secondary N) is 2. The Morgan fingerprint density at radius 3 is 2.73 bits per heavy atom. The monoisotopic (exact) mass is 533 g/mol. The Kier molecular flexibility index (Phi) is 8.34. The van der Waals surface area contributed by atoms with E-state index in [2.05, 4.69) is 51.3 Å². The summed E-state index contributed by atoms with van der Waals surface area (Å²) >= 11 is 0. The van der Waals surface area contributed by atoms with E-state index in [1.807, 2.05) is 20.9 Å². The third-order valence-electron chi connectivity index (χ3n) is 6.84. The standard InChI is InChI=1S/C24H39N9O3S/c1-16(2)31(6)9-7-11-37(34,35)32-10-8-20(18(5)14-32)28-24-29-23-22(36-17(3)4)21(19-12-26-27-13-19)25-15-33(23)30-24/h12-13,15-18,20H,7-11,14H2,1-6H3,(H,26,27)(H,28,30)/t18-,20+/m1/s1. The van der Waals surface area contributed by atoms with Crippen LogP contribution in [0.5, 0.6) is 5.75 Å². The number of aromatic nitrogens is 6. The van der Waals surface area contributed by atoms with Gasteiger partial charge in [-0.25, -0.2) is 17.7 Å². The highest BCUT2D eigenvalue weighted by Crippen LogP contribution is 2.32. The van der Waals surface area contributed by atoms with E-state index < -0.39 is 10.0 Å². The van der Waals surface area contributed by atoms with E-state index in [0.29, 0.717) is 55.0 Å². The Balaban J connectivity index is 1.44. The molecule has 204 valence electrons. The Morgan fingerprint density at radius 2 is 2.08 bits per heavy atom. The summed E-state index contributed by atoms with van der Waals surface area (Å²) in [5.41, 5.74) is 2.00. The van der Waals surface area contributed by atoms with Gasteiger partial charge < -0.3 is 15.0 Å². The molecule has 0 radical (unpaired) electrons. The van der Waals surface area contributed by atoms with Gasteiger partial charge >= 0.3 is 0 Å². The number of fused-ring (bicyclic) bond motifs is 1. The van der Waals surface area contributed by atoms with E-state index in [-0.39, 0.29) is 23.8 Å². The Hall–Kier alpha value is -2.77. The van der Waals surface area contributed by atoms with Crippen LogP contribution in [-0.2, 0) is 10.0 Å². The van der Waals surface area contributed by atoms with Crippen molar-refractivity contribution in [2.45, 2.75) is 65.6 Å². The third-order valence-corrected chi connectivity index (χ3v) is 8.76. The van der Waals surface area contributed by atoms with Crippen LogP contribution in [0.1, 0.15) is 47.5 Å². The van der Waals surface area contributed by atoms with E-state index in [1.165, 1.54) is 0 Å². The number of sulfonamides is 1. The summed E-state index contributed by atoms with van der Waals surface area (Å²) in [5, 5.41) is 14.8. The molecule has 0 aliphatic carbocycles. The minimum Gasteiger partial charge on any atom is -0.485 e. The average Bonchev–Trinajstić information content (AvgIpc) is 3.50. The maximum absolute atomic E-state index is 13.0. The molecule has 37 heavy (non-hydrogen) atoms. The maximum Gasteiger partial charge on any atom is 0.243 e. The van der Waals surface area contributed by atoms with Crippen LogP contribution >= 0.6 is 0 Å². The zero-order valence-corrected chi connectivity index (χ0v) is 23.4. The van der Waals surface area contributed by atoms with Gasteiger partial charge in [0.15, 0.2) is 5.75 Å². The van der Waals surface area contributed by atoms with Crippen molar-refractivity contribution < 1.29 is 13.2 Å². The predicted molar refractivity (Wildman–Crippen MR) is 143 cm³/mol. The minimum absolute atomic E-state index is 0.0479. The van der Waals surface area contributed by atoms with Crippen LogP contribution in [0, 0.1) is 5.92 Å². The molecule has 0 bridgehead atoms. The normalized spacial score (nSPS) is 19.4. The zero-order valence-electron chi connectivity index (χ0n) is 22.5. The fourth-order valence-electron chi connectivity index (χ4n) is 4.45. The number of ether oxygens (including phenoxy) is 1. The molecule has 0 spiro atoms. The van der Waals surface area contributed by atoms with Gasteiger partial charge in [0.2, 0.25) is 21.6 Å². The quantitative estimate of drug-likeness (QED) is 0.381. The second-order valence-electron chi connectivity index (χ2n) is 10.4. The molecule has 1 aliphatic heterocycles. The summed E-state index contributed by atoms with van der Waals surface area (Å²) in [6, 6.07) is 0.450. The van der Waals surface area contributed by atoms with Gasteiger partial charge in [-0.1, -0.05) is 6.92 Å². The van der Waals surface area contributed by atoms with Crippen molar-refractivity contribution in [2.75, 3.05) is 37.8 Å². The second-order valence-corrected chi connectivity index (χ2v) is 12.5. The summed E-state index contributed by atoms with van der Waals surface area (Å²) in [6.07, 6.45) is 6.28. The molecule has 0 unspecified atom stereocenters. The Labute approximate surface area is 218 Å². The number of H-pyrrole nitrogens is 1. The number of nitrogens with zero attached hydrogens (tertiary/aromatic N) is 7. The van der Waals surface area contributed by atoms with E-state index >= 15 is 0 Å². The molecule has 3 aromatic heterocycles. The Morgan fingerprint density at radius 1 is 1.30 bits per heavy atom. The van der Waals surface area contributed by atoms with Gasteiger partial charge in [-0.3, -0.25) is 5.10 Å². The molecule has 1 fully saturated rings. The summed E-state index contributed by atoms with van der Waals surface area (Å²) in [7, 11) is -1.26. The number of piperidine rings is 1. The first kappa shape index (κ1) is 27.3. The molecule has 2 atom stereocenters. The maximum atomic E-state index is 13.0. The number of aromatic amines is 1. The van der Waals surface area contributed by atoms with Crippen LogP contribution < -0.4 is 10.1 Å². The predicted octanol–water partition coefficient (Wildman–Crippen LogP) is 2.48. The lowest BCUT2D eigenvalue weighted by molar-refractivity contribution is 0.244. The van der Waals surface area contributed by atoms with Crippen LogP contribution in [0.3, 0.4) is 0 Å². The second kappa shape index (κ2) is 11.3. The van der Waals surface area contributed by atoms with Crippen molar-refractivity contribution in [2.24, 2.45) is 5.92 Å². The topological polar surface area (TPSA) is 134 Å². The van der Waals surface area contributed by atoms with Crippen molar-refractivity contribution in [3.63, 3.8) is 0 Å². The van der Waals surface area contributed by atoms with Gasteiger partial charge in [0.1, 0.15) is 12.0 Å². The number of rotatable bonds is 11. The fraction of sp³-hybridized carbons (Fsp3) is 0.667. The zero-order chi connectivity index (χ0) is 26.7. The summed E-state index contributed by atoms with van der Waals surface area (Å²) in [4.78, 5) is 11.4. The van der Waals surface area contributed by atoms with Gasteiger partial charge in [-0.2, -0.15) is 14.6 Å². The molecule has 13 heteroatoms. The average molecular weight is 534 g/mol. The fourth-order valence-corrected chi connectivity index (χ4v) is 6.05. The van der Waals surface area contributed by atoms with Crippen molar-refractivity contribution in [1.29, 1.82) is 0 Å². The van der Waals surface area contributed by atoms with Crippen molar-refractivity contribution in [3.05, 3.63) is 18.7 Å². The summed E-state index contributed by atoms with van der Waals surface area (Å²) in [6.45, 7) is 11.9. The van der Waals surface area contributed by atoms with Crippen molar-refractivity contribution >= 4 is 21.6 Å². The summed E-state index contributed by atoms with van der Waals surface area (Å²) < 4.78 is 35.2. The molecule has 2 N–H and O–H groups in total. The first-order valence-corrected chi connectivity index (χ1v) is 14.5. The van der Waals surface area contributed by atoms with Gasteiger partial charge in [0.05, 0.1) is 18.1 Å². The molecule has 3 aromatic rings. The van der Waals surface area contributed by atoms with E-state index in [1.54, 1.807) is 27.5 Å². The van der Waals surface area contributed by atoms with Crippen LogP contribution in [0.25, 0.3) is 16.9 Å². The van der Waals surface area contributed by atoms with E-state index in [9.17, 15) is 8.42 Å². The Bertz CT molecular complexity index is 1270. The molecule has 1 saturated heterocycles. The molecule has 0 saturated carbocycles. The van der Waals surface area contributed by atoms with Crippen molar-refractivity contribution in [3.8, 4) is 17.0 Å². The molecule has 1 aliphatic rings. The first-order valence-electron chi connectivity index (χ1n) is 12.9. The largest absolute Gasteiger partial charge is 0.485 e. The molecule has 4 heterocycles. The number of anilines is 1. The van der Waals surface area contributed by atoms with Crippen LogP contribution in [0.2, 0.25) is 0 Å². The lowest BCUT2D eigenvalue weighted by Gasteiger charge is -2.36. The smallest absolute Gasteiger partial charge is 0.243 e. The number of hydrogen-bond donors (Lipinski definition) is 2. The molecule has 0 aromatic carbocycles. The number of hydrogen-bond acceptors (Lipinski definition) is 9. The highest BCUT2D eigenvalue weighted by atomic mass is 32.2. The first-order chi connectivity index (χ1) is 17.5. The van der Waals surface area contributed by atoms with Crippen LogP contribution in [-0.4, -0.2) is 98.0 Å². The highest BCUT2D eigenvalue weighted by Gasteiger charge is 2.33. The van der Waals surface area contributed by atoms with Gasteiger partial charge in [-0.05, 0) is 60.0 Å². The highest BCUT2D eigenvalue weighted by molar-refractivity contribution is 7.89. The molecular formula is C24H39N9O3S. The van der Waals surface area contributed by atoms with Gasteiger partial charge in [-0.15, -0.1) is 5.10 Å². The van der Waals surface area contributed by atoms with E-state index in [4.69, 9.17) is 9.72 Å². The van der Waals surface area contributed by atoms with Crippen LogP contribution in [0.15, 0.2) is 18.7 Å². The van der Waals surface area contributed by atoms with E-state index in [0.717, 1.165) is 12.1 Å². The SMILES string of the molecule is CC(C)Oc1c(-c2cn[nH]c2)ncn2nc(N[C@H]3CCN(S(=O)(=O)CCCN(C)C(C)C)C[C@H]3C)nc12. The third kappa shape index (κ3) is 6.39. The molecule has 4 rings (SSSR count). The molecular weight excluding hydrogens is 494 g/mol. The lowest BCUT2D eigenvalue weighted by Crippen LogP contribution is -2.48. The van der Waals surface area contributed by atoms with Crippen molar-refractivity contribution in [1.82, 2.24) is 39.0 Å². The van der Waals surface area contributed by atoms with Gasteiger partial charge in [0, 0.05) is 36.9 Å². The van der Waals surface area contributed by atoms with Crippen LogP contribution in [0.4, 0.5) is 5.95 Å². The minimum atomic E-state index is -3.29.